The van der Waals surface area contributed by atoms with Gasteiger partial charge in [0.25, 0.3) is 0 Å². The van der Waals surface area contributed by atoms with Crippen LogP contribution in [0, 0.1) is 18.8 Å². The van der Waals surface area contributed by atoms with E-state index in [9.17, 15) is 9.70 Å². The highest BCUT2D eigenvalue weighted by molar-refractivity contribution is 5.72. The minimum Gasteiger partial charge on any atom is -0.460 e. The molecule has 0 spiro atoms. The van der Waals surface area contributed by atoms with Crippen molar-refractivity contribution in [1.29, 1.82) is 0 Å². The van der Waals surface area contributed by atoms with Crippen LogP contribution in [0.1, 0.15) is 22.3 Å². The molecule has 4 heteroatoms. The maximum absolute atomic E-state index is 11.9. The second-order valence-corrected chi connectivity index (χ2v) is 4.99. The maximum Gasteiger partial charge on any atom is 0.310 e. The van der Waals surface area contributed by atoms with E-state index in [1.54, 1.807) is 12.1 Å². The van der Waals surface area contributed by atoms with Crippen LogP contribution in [-0.4, -0.2) is 5.97 Å². The lowest BCUT2D eigenvalue weighted by Gasteiger charge is -2.09. The zero-order valence-corrected chi connectivity index (χ0v) is 12.1. The van der Waals surface area contributed by atoms with Crippen LogP contribution in [0.3, 0.4) is 0 Å². The van der Waals surface area contributed by atoms with Crippen molar-refractivity contribution in [2.75, 3.05) is 0 Å². The molecule has 0 unspecified atom stereocenters. The van der Waals surface area contributed by atoms with E-state index in [-0.39, 0.29) is 19.0 Å². The SMILES string of the molecule is Cc1ccc(CC(=O)OCc2c(C)cccc2N=O)cc1. The quantitative estimate of drug-likeness (QED) is 0.616. The molecule has 0 radical (unpaired) electrons. The van der Waals surface area contributed by atoms with Gasteiger partial charge in [0.15, 0.2) is 0 Å². The van der Waals surface area contributed by atoms with E-state index in [0.29, 0.717) is 11.3 Å². The van der Waals surface area contributed by atoms with E-state index in [2.05, 4.69) is 5.18 Å². The lowest BCUT2D eigenvalue weighted by molar-refractivity contribution is -0.144. The Morgan fingerprint density at radius 2 is 1.81 bits per heavy atom. The third-order valence-electron chi connectivity index (χ3n) is 3.33. The molecular formula is C17H17NO3. The Morgan fingerprint density at radius 3 is 2.48 bits per heavy atom. The highest BCUT2D eigenvalue weighted by Gasteiger charge is 2.10. The Balaban J connectivity index is 1.98. The average Bonchev–Trinajstić information content (AvgIpc) is 2.48. The van der Waals surface area contributed by atoms with Gasteiger partial charge in [0, 0.05) is 5.56 Å². The molecule has 2 aromatic carbocycles. The van der Waals surface area contributed by atoms with E-state index in [1.165, 1.54) is 0 Å². The van der Waals surface area contributed by atoms with E-state index in [4.69, 9.17) is 4.74 Å². The minimum absolute atomic E-state index is 0.0679. The highest BCUT2D eigenvalue weighted by atomic mass is 16.5. The second kappa shape index (κ2) is 6.79. The van der Waals surface area contributed by atoms with Crippen LogP contribution in [0.2, 0.25) is 0 Å². The average molecular weight is 283 g/mol. The highest BCUT2D eigenvalue weighted by Crippen LogP contribution is 2.23. The Morgan fingerprint density at radius 1 is 1.10 bits per heavy atom. The summed E-state index contributed by atoms with van der Waals surface area (Å²) >= 11 is 0. The zero-order chi connectivity index (χ0) is 15.2. The number of nitroso groups, excluding NO2 is 1. The lowest BCUT2D eigenvalue weighted by Crippen LogP contribution is -2.08. The molecule has 0 atom stereocenters. The predicted molar refractivity (Wildman–Crippen MR) is 81.3 cm³/mol. The zero-order valence-electron chi connectivity index (χ0n) is 12.1. The molecule has 108 valence electrons. The summed E-state index contributed by atoms with van der Waals surface area (Å²) in [5.41, 5.74) is 3.91. The Bertz CT molecular complexity index is 648. The van der Waals surface area contributed by atoms with Gasteiger partial charge in [-0.2, -0.15) is 0 Å². The van der Waals surface area contributed by atoms with Gasteiger partial charge in [0.05, 0.1) is 6.42 Å². The molecule has 0 saturated heterocycles. The molecule has 0 aliphatic carbocycles. The largest absolute Gasteiger partial charge is 0.460 e. The smallest absolute Gasteiger partial charge is 0.310 e. The molecule has 0 heterocycles. The third-order valence-corrected chi connectivity index (χ3v) is 3.33. The number of hydrogen-bond donors (Lipinski definition) is 0. The molecule has 0 fully saturated rings. The monoisotopic (exact) mass is 283 g/mol. The molecular weight excluding hydrogens is 266 g/mol. The number of esters is 1. The van der Waals surface area contributed by atoms with Crippen molar-refractivity contribution in [2.24, 2.45) is 5.18 Å². The van der Waals surface area contributed by atoms with Crippen LogP contribution in [0.25, 0.3) is 0 Å². The van der Waals surface area contributed by atoms with Gasteiger partial charge in [-0.15, -0.1) is 4.91 Å². The second-order valence-electron chi connectivity index (χ2n) is 4.99. The third kappa shape index (κ3) is 3.99. The predicted octanol–water partition coefficient (Wildman–Crippen LogP) is 3.99. The molecule has 2 rings (SSSR count). The summed E-state index contributed by atoms with van der Waals surface area (Å²) < 4.78 is 5.25. The standard InChI is InChI=1S/C17H17NO3/c1-12-6-8-14(9-7-12)10-17(19)21-11-15-13(2)4-3-5-16(15)18-20/h3-9H,10-11H2,1-2H3. The summed E-state index contributed by atoms with van der Waals surface area (Å²) in [6, 6.07) is 13.0. The molecule has 0 amide bonds. The summed E-state index contributed by atoms with van der Waals surface area (Å²) in [5.74, 6) is -0.320. The summed E-state index contributed by atoms with van der Waals surface area (Å²) in [7, 11) is 0. The van der Waals surface area contributed by atoms with Gasteiger partial charge < -0.3 is 4.74 Å². The van der Waals surface area contributed by atoms with Crippen LogP contribution in [0.4, 0.5) is 5.69 Å². The first-order valence-corrected chi connectivity index (χ1v) is 6.73. The van der Waals surface area contributed by atoms with Crippen molar-refractivity contribution in [3.8, 4) is 0 Å². The number of ether oxygens (including phenoxy) is 1. The number of aryl methyl sites for hydroxylation is 2. The molecule has 0 aliphatic heterocycles. The van der Waals surface area contributed by atoms with Crippen molar-refractivity contribution in [1.82, 2.24) is 0 Å². The fourth-order valence-corrected chi connectivity index (χ4v) is 2.04. The van der Waals surface area contributed by atoms with E-state index < -0.39 is 0 Å². The summed E-state index contributed by atoms with van der Waals surface area (Å²) in [6.45, 7) is 3.92. The van der Waals surface area contributed by atoms with Gasteiger partial charge in [-0.3, -0.25) is 4.79 Å². The Hall–Kier alpha value is -2.49. The maximum atomic E-state index is 11.9. The van der Waals surface area contributed by atoms with Crippen molar-refractivity contribution >= 4 is 11.7 Å². The van der Waals surface area contributed by atoms with E-state index in [0.717, 1.165) is 16.7 Å². The van der Waals surface area contributed by atoms with Crippen molar-refractivity contribution in [3.63, 3.8) is 0 Å². The number of carbonyl (C=O) groups excluding carboxylic acids is 1. The number of carbonyl (C=O) groups is 1. The Labute approximate surface area is 123 Å². The van der Waals surface area contributed by atoms with Crippen LogP contribution < -0.4 is 0 Å². The lowest BCUT2D eigenvalue weighted by atomic mass is 10.1. The van der Waals surface area contributed by atoms with Gasteiger partial charge in [0.1, 0.15) is 12.3 Å². The van der Waals surface area contributed by atoms with Crippen LogP contribution in [0.15, 0.2) is 47.6 Å². The topological polar surface area (TPSA) is 55.7 Å². The molecule has 0 bridgehead atoms. The first-order chi connectivity index (χ1) is 10.1. The molecule has 0 aromatic heterocycles. The van der Waals surface area contributed by atoms with Gasteiger partial charge in [0.2, 0.25) is 0 Å². The van der Waals surface area contributed by atoms with Gasteiger partial charge >= 0.3 is 5.97 Å². The summed E-state index contributed by atoms with van der Waals surface area (Å²) in [6.07, 6.45) is 0.218. The first kappa shape index (κ1) is 14.9. The fraction of sp³-hybridized carbons (Fsp3) is 0.235. The molecule has 21 heavy (non-hydrogen) atoms. The van der Waals surface area contributed by atoms with Gasteiger partial charge in [-0.05, 0) is 36.2 Å². The molecule has 0 N–H and O–H groups in total. The van der Waals surface area contributed by atoms with Crippen LogP contribution in [0.5, 0.6) is 0 Å². The van der Waals surface area contributed by atoms with Crippen molar-refractivity contribution in [2.45, 2.75) is 26.9 Å². The van der Waals surface area contributed by atoms with Gasteiger partial charge in [-0.25, -0.2) is 0 Å². The fourth-order valence-electron chi connectivity index (χ4n) is 2.04. The number of hydrogen-bond acceptors (Lipinski definition) is 4. The minimum atomic E-state index is -0.320. The molecule has 2 aromatic rings. The van der Waals surface area contributed by atoms with Crippen molar-refractivity contribution < 1.29 is 9.53 Å². The number of benzene rings is 2. The molecule has 0 aliphatic rings. The van der Waals surface area contributed by atoms with Gasteiger partial charge in [-0.1, -0.05) is 42.0 Å². The summed E-state index contributed by atoms with van der Waals surface area (Å²) in [5, 5.41) is 2.96. The molecule has 4 nitrogen and oxygen atoms in total. The molecule has 0 saturated carbocycles. The van der Waals surface area contributed by atoms with E-state index in [1.807, 2.05) is 44.2 Å². The summed E-state index contributed by atoms with van der Waals surface area (Å²) in [4.78, 5) is 22.6. The Kier molecular flexibility index (Phi) is 4.82. The van der Waals surface area contributed by atoms with E-state index >= 15 is 0 Å². The normalized spacial score (nSPS) is 10.2. The van der Waals surface area contributed by atoms with Crippen LogP contribution >= 0.6 is 0 Å². The van der Waals surface area contributed by atoms with Crippen molar-refractivity contribution in [3.05, 3.63) is 69.6 Å². The number of rotatable bonds is 5. The first-order valence-electron chi connectivity index (χ1n) is 6.73. The van der Waals surface area contributed by atoms with Crippen LogP contribution in [-0.2, 0) is 22.6 Å². The number of nitrogens with zero attached hydrogens (tertiary/aromatic N) is 1.